The maximum absolute atomic E-state index is 12.1. The summed E-state index contributed by atoms with van der Waals surface area (Å²) in [7, 11) is 1.60. The molecule has 1 aliphatic heterocycles. The first-order chi connectivity index (χ1) is 14.0. The second-order valence-electron chi connectivity index (χ2n) is 7.36. The Hall–Kier alpha value is -3.28. The van der Waals surface area contributed by atoms with Crippen LogP contribution in [0.5, 0.6) is 5.75 Å². The van der Waals surface area contributed by atoms with Gasteiger partial charge in [0.1, 0.15) is 11.3 Å². The number of hydrogen-bond acceptors (Lipinski definition) is 5. The van der Waals surface area contributed by atoms with Crippen molar-refractivity contribution in [2.75, 3.05) is 23.9 Å². The van der Waals surface area contributed by atoms with Gasteiger partial charge in [0.2, 0.25) is 5.91 Å². The number of carbonyl (C=O) groups is 1. The Labute approximate surface area is 169 Å². The number of aryl methyl sites for hydroxylation is 2. The molecule has 0 radical (unpaired) electrons. The van der Waals surface area contributed by atoms with Crippen LogP contribution in [0.3, 0.4) is 0 Å². The fourth-order valence-corrected chi connectivity index (χ4v) is 3.78. The number of anilines is 2. The molecule has 0 bridgehead atoms. The fraction of sp³-hybridized carbons (Fsp3) is 0.304. The van der Waals surface area contributed by atoms with Gasteiger partial charge in [-0.05, 0) is 49.1 Å². The summed E-state index contributed by atoms with van der Waals surface area (Å²) in [6.45, 7) is 5.14. The van der Waals surface area contributed by atoms with Crippen LogP contribution in [0.1, 0.15) is 29.5 Å². The van der Waals surface area contributed by atoms with Crippen molar-refractivity contribution >= 4 is 28.3 Å². The van der Waals surface area contributed by atoms with Gasteiger partial charge in [-0.1, -0.05) is 12.1 Å². The highest BCUT2D eigenvalue weighted by atomic mass is 16.5. The Kier molecular flexibility index (Phi) is 5.01. The summed E-state index contributed by atoms with van der Waals surface area (Å²) in [4.78, 5) is 25.9. The zero-order chi connectivity index (χ0) is 20.5. The molecule has 1 N–H and O–H groups in total. The Morgan fingerprint density at radius 2 is 1.97 bits per heavy atom. The predicted octanol–water partition coefficient (Wildman–Crippen LogP) is 4.16. The summed E-state index contributed by atoms with van der Waals surface area (Å²) in [5.74, 6) is 0.770. The Morgan fingerprint density at radius 3 is 2.69 bits per heavy atom. The second-order valence-corrected chi connectivity index (χ2v) is 7.36. The highest BCUT2D eigenvalue weighted by Gasteiger charge is 2.24. The molecule has 1 amide bonds. The van der Waals surface area contributed by atoms with E-state index in [0.29, 0.717) is 30.8 Å². The monoisotopic (exact) mass is 392 g/mol. The third-order valence-corrected chi connectivity index (χ3v) is 5.54. The zero-order valence-corrected chi connectivity index (χ0v) is 16.9. The van der Waals surface area contributed by atoms with E-state index in [1.807, 2.05) is 44.2 Å². The van der Waals surface area contributed by atoms with E-state index in [4.69, 9.17) is 9.15 Å². The normalized spacial score (nSPS) is 13.9. The molecule has 4 rings (SSSR count). The maximum Gasteiger partial charge on any atom is 0.336 e. The number of ether oxygens (including phenoxy) is 1. The summed E-state index contributed by atoms with van der Waals surface area (Å²) < 4.78 is 11.0. The van der Waals surface area contributed by atoms with Crippen LogP contribution in [-0.4, -0.2) is 19.6 Å². The van der Waals surface area contributed by atoms with Gasteiger partial charge in [0.05, 0.1) is 12.8 Å². The molecule has 0 saturated carbocycles. The van der Waals surface area contributed by atoms with Crippen molar-refractivity contribution in [3.05, 3.63) is 63.5 Å². The molecule has 6 heteroatoms. The first-order valence-electron chi connectivity index (χ1n) is 9.73. The van der Waals surface area contributed by atoms with E-state index in [9.17, 15) is 9.59 Å². The summed E-state index contributed by atoms with van der Waals surface area (Å²) >= 11 is 0. The summed E-state index contributed by atoms with van der Waals surface area (Å²) in [5, 5.41) is 4.28. The van der Waals surface area contributed by atoms with Crippen LogP contribution in [0.2, 0.25) is 0 Å². The van der Waals surface area contributed by atoms with Gasteiger partial charge >= 0.3 is 5.63 Å². The molecular formula is C23H24N2O4. The molecule has 0 spiro atoms. The first-order valence-corrected chi connectivity index (χ1v) is 9.73. The number of amides is 1. The molecule has 2 aromatic carbocycles. The van der Waals surface area contributed by atoms with Gasteiger partial charge in [-0.15, -0.1) is 0 Å². The Balaban J connectivity index is 1.62. The Bertz CT molecular complexity index is 1150. The predicted molar refractivity (Wildman–Crippen MR) is 114 cm³/mol. The standard InChI is InChI=1S/C23H24N2O4/c1-14-6-8-18-16(11-22(27)29-23(18)15(14)2)13-24-17-7-9-19(20(12-17)28-3)25-10-4-5-21(25)26/h6-9,11-12,24H,4-5,10,13H2,1-3H3. The summed E-state index contributed by atoms with van der Waals surface area (Å²) in [6, 6.07) is 11.2. The third-order valence-electron chi connectivity index (χ3n) is 5.54. The van der Waals surface area contributed by atoms with Gasteiger partial charge in [-0.2, -0.15) is 0 Å². The summed E-state index contributed by atoms with van der Waals surface area (Å²) in [5.41, 5.74) is 4.85. The molecular weight excluding hydrogens is 368 g/mol. The first kappa shape index (κ1) is 19.1. The van der Waals surface area contributed by atoms with Crippen molar-refractivity contribution in [3.63, 3.8) is 0 Å². The van der Waals surface area contributed by atoms with E-state index in [0.717, 1.165) is 39.9 Å². The molecule has 2 heterocycles. The quantitative estimate of drug-likeness (QED) is 0.660. The molecule has 1 aromatic heterocycles. The lowest BCUT2D eigenvalue weighted by atomic mass is 10.0. The minimum Gasteiger partial charge on any atom is -0.494 e. The van der Waals surface area contributed by atoms with Gasteiger partial charge < -0.3 is 19.4 Å². The zero-order valence-electron chi connectivity index (χ0n) is 16.9. The van der Waals surface area contributed by atoms with Gasteiger partial charge in [0.15, 0.2) is 0 Å². The van der Waals surface area contributed by atoms with E-state index in [2.05, 4.69) is 5.32 Å². The van der Waals surface area contributed by atoms with Crippen molar-refractivity contribution in [1.82, 2.24) is 0 Å². The minimum absolute atomic E-state index is 0.122. The number of nitrogens with zero attached hydrogens (tertiary/aromatic N) is 1. The molecule has 6 nitrogen and oxygen atoms in total. The smallest absolute Gasteiger partial charge is 0.336 e. The van der Waals surface area contributed by atoms with Gasteiger partial charge in [0, 0.05) is 42.7 Å². The molecule has 1 saturated heterocycles. The lowest BCUT2D eigenvalue weighted by Crippen LogP contribution is -2.24. The van der Waals surface area contributed by atoms with Gasteiger partial charge in [0.25, 0.3) is 0 Å². The second kappa shape index (κ2) is 7.62. The van der Waals surface area contributed by atoms with E-state index in [1.165, 1.54) is 6.07 Å². The van der Waals surface area contributed by atoms with Crippen LogP contribution in [0, 0.1) is 13.8 Å². The number of hydrogen-bond donors (Lipinski definition) is 1. The molecule has 0 unspecified atom stereocenters. The van der Waals surface area contributed by atoms with Crippen molar-refractivity contribution in [3.8, 4) is 5.75 Å². The largest absolute Gasteiger partial charge is 0.494 e. The highest BCUT2D eigenvalue weighted by Crippen LogP contribution is 2.34. The van der Waals surface area contributed by atoms with Crippen LogP contribution in [-0.2, 0) is 11.3 Å². The van der Waals surface area contributed by atoms with E-state index < -0.39 is 0 Å². The lowest BCUT2D eigenvalue weighted by Gasteiger charge is -2.20. The fourth-order valence-electron chi connectivity index (χ4n) is 3.78. The van der Waals surface area contributed by atoms with Crippen LogP contribution in [0.25, 0.3) is 11.0 Å². The van der Waals surface area contributed by atoms with E-state index in [1.54, 1.807) is 12.0 Å². The molecule has 1 fully saturated rings. The Morgan fingerprint density at radius 1 is 1.14 bits per heavy atom. The van der Waals surface area contributed by atoms with Gasteiger partial charge in [-0.3, -0.25) is 4.79 Å². The van der Waals surface area contributed by atoms with E-state index in [-0.39, 0.29) is 11.5 Å². The number of methoxy groups -OCH3 is 1. The van der Waals surface area contributed by atoms with Crippen molar-refractivity contribution in [2.45, 2.75) is 33.2 Å². The number of nitrogens with one attached hydrogen (secondary N) is 1. The average Bonchev–Trinajstić information content (AvgIpc) is 3.14. The summed E-state index contributed by atoms with van der Waals surface area (Å²) in [6.07, 6.45) is 1.44. The molecule has 3 aromatic rings. The molecule has 29 heavy (non-hydrogen) atoms. The number of carbonyl (C=O) groups excluding carboxylic acids is 1. The van der Waals surface area contributed by atoms with Crippen molar-refractivity contribution in [1.29, 1.82) is 0 Å². The van der Waals surface area contributed by atoms with Crippen molar-refractivity contribution in [2.24, 2.45) is 0 Å². The number of benzene rings is 2. The van der Waals surface area contributed by atoms with Crippen LogP contribution >= 0.6 is 0 Å². The van der Waals surface area contributed by atoms with E-state index >= 15 is 0 Å². The topological polar surface area (TPSA) is 71.8 Å². The molecule has 1 aliphatic rings. The molecule has 0 aliphatic carbocycles. The molecule has 0 atom stereocenters. The lowest BCUT2D eigenvalue weighted by molar-refractivity contribution is -0.117. The maximum atomic E-state index is 12.1. The van der Waals surface area contributed by atoms with Gasteiger partial charge in [-0.25, -0.2) is 4.79 Å². The third kappa shape index (κ3) is 3.58. The van der Waals surface area contributed by atoms with Crippen molar-refractivity contribution < 1.29 is 13.9 Å². The SMILES string of the molecule is COc1cc(NCc2cc(=O)oc3c(C)c(C)ccc23)ccc1N1CCCC1=O. The molecule has 150 valence electrons. The average molecular weight is 392 g/mol. The number of fused-ring (bicyclic) bond motifs is 1. The minimum atomic E-state index is -0.358. The van der Waals surface area contributed by atoms with Crippen LogP contribution < -0.4 is 20.6 Å². The highest BCUT2D eigenvalue weighted by molar-refractivity contribution is 5.97. The van der Waals surface area contributed by atoms with Crippen LogP contribution in [0.4, 0.5) is 11.4 Å². The number of rotatable bonds is 5. The van der Waals surface area contributed by atoms with Crippen LogP contribution in [0.15, 0.2) is 45.6 Å².